The van der Waals surface area contributed by atoms with E-state index < -0.39 is 5.91 Å². The molecule has 0 unspecified atom stereocenters. The molecule has 2 rings (SSSR count). The van der Waals surface area contributed by atoms with Gasteiger partial charge in [0, 0.05) is 24.0 Å². The van der Waals surface area contributed by atoms with Crippen molar-refractivity contribution >= 4 is 17.5 Å². The number of carbonyl (C=O) groups is 2. The summed E-state index contributed by atoms with van der Waals surface area (Å²) in [6, 6.07) is 6.38. The van der Waals surface area contributed by atoms with Crippen molar-refractivity contribution in [1.82, 2.24) is 9.78 Å². The standard InChI is InChI=1S/C17H22N4O3/c1-3-9-21-11-14(17(20-21)24-10-4-2)16(23)19-13-7-5-12(6-8-13)15(18)22/h5-8,11H,3-4,9-10H2,1-2H3,(H2,18,22)(H,19,23). The van der Waals surface area contributed by atoms with Gasteiger partial charge in [-0.1, -0.05) is 13.8 Å². The van der Waals surface area contributed by atoms with Crippen LogP contribution >= 0.6 is 0 Å². The summed E-state index contributed by atoms with van der Waals surface area (Å²) in [7, 11) is 0. The van der Waals surface area contributed by atoms with E-state index in [2.05, 4.69) is 10.4 Å². The minimum absolute atomic E-state index is 0.310. The van der Waals surface area contributed by atoms with Gasteiger partial charge in [-0.15, -0.1) is 5.10 Å². The Bertz CT molecular complexity index is 707. The summed E-state index contributed by atoms with van der Waals surface area (Å²) >= 11 is 0. The molecule has 0 radical (unpaired) electrons. The van der Waals surface area contributed by atoms with E-state index in [1.165, 1.54) is 0 Å². The number of benzene rings is 1. The van der Waals surface area contributed by atoms with Crippen molar-refractivity contribution in [2.75, 3.05) is 11.9 Å². The predicted molar refractivity (Wildman–Crippen MR) is 91.2 cm³/mol. The van der Waals surface area contributed by atoms with Gasteiger partial charge in [-0.2, -0.15) is 0 Å². The van der Waals surface area contributed by atoms with Crippen molar-refractivity contribution in [2.45, 2.75) is 33.2 Å². The number of carbonyl (C=O) groups excluding carboxylic acids is 2. The predicted octanol–water partition coefficient (Wildman–Crippen LogP) is 2.43. The molecule has 3 N–H and O–H groups in total. The first-order valence-corrected chi connectivity index (χ1v) is 7.96. The first kappa shape index (κ1) is 17.5. The minimum atomic E-state index is -0.510. The molecule has 7 nitrogen and oxygen atoms in total. The van der Waals surface area contributed by atoms with Crippen LogP contribution in [0.4, 0.5) is 5.69 Å². The van der Waals surface area contributed by atoms with Gasteiger partial charge in [0.05, 0.1) is 6.61 Å². The molecular formula is C17H22N4O3. The number of nitrogens with two attached hydrogens (primary N) is 1. The molecule has 2 amide bonds. The van der Waals surface area contributed by atoms with Crippen molar-refractivity contribution in [3.8, 4) is 5.88 Å². The van der Waals surface area contributed by atoms with Crippen LogP contribution in [0.1, 0.15) is 47.4 Å². The number of rotatable bonds is 8. The molecule has 0 aliphatic carbocycles. The molecule has 0 saturated heterocycles. The highest BCUT2D eigenvalue weighted by Gasteiger charge is 2.18. The molecule has 2 aromatic rings. The van der Waals surface area contributed by atoms with Crippen LogP contribution in [0, 0.1) is 0 Å². The Labute approximate surface area is 140 Å². The highest BCUT2D eigenvalue weighted by molar-refractivity contribution is 6.06. The smallest absolute Gasteiger partial charge is 0.262 e. The quantitative estimate of drug-likeness (QED) is 0.776. The third kappa shape index (κ3) is 4.34. The van der Waals surface area contributed by atoms with Gasteiger partial charge < -0.3 is 15.8 Å². The van der Waals surface area contributed by atoms with Gasteiger partial charge in [0.1, 0.15) is 5.56 Å². The molecule has 0 fully saturated rings. The van der Waals surface area contributed by atoms with Gasteiger partial charge in [0.15, 0.2) is 0 Å². The third-order valence-electron chi connectivity index (χ3n) is 3.30. The lowest BCUT2D eigenvalue weighted by molar-refractivity contribution is 0.0997. The van der Waals surface area contributed by atoms with Crippen LogP contribution < -0.4 is 15.8 Å². The van der Waals surface area contributed by atoms with E-state index >= 15 is 0 Å². The topological polar surface area (TPSA) is 99.2 Å². The molecule has 0 bridgehead atoms. The first-order valence-electron chi connectivity index (χ1n) is 7.96. The number of hydrogen-bond donors (Lipinski definition) is 2. The van der Waals surface area contributed by atoms with Crippen LogP contribution in [0.3, 0.4) is 0 Å². The zero-order chi connectivity index (χ0) is 17.5. The molecule has 0 aliphatic rings. The Morgan fingerprint density at radius 3 is 2.50 bits per heavy atom. The number of ether oxygens (including phenoxy) is 1. The largest absolute Gasteiger partial charge is 0.476 e. The molecule has 1 aromatic carbocycles. The normalized spacial score (nSPS) is 10.4. The highest BCUT2D eigenvalue weighted by Crippen LogP contribution is 2.19. The van der Waals surface area contributed by atoms with E-state index in [4.69, 9.17) is 10.5 Å². The van der Waals surface area contributed by atoms with Crippen molar-refractivity contribution in [3.63, 3.8) is 0 Å². The maximum absolute atomic E-state index is 12.5. The summed E-state index contributed by atoms with van der Waals surface area (Å²) in [5, 5.41) is 7.08. The Morgan fingerprint density at radius 1 is 1.21 bits per heavy atom. The molecule has 0 saturated carbocycles. The van der Waals surface area contributed by atoms with E-state index in [9.17, 15) is 9.59 Å². The Balaban J connectivity index is 2.16. The Kier molecular flexibility index (Phi) is 5.95. The van der Waals surface area contributed by atoms with Gasteiger partial charge in [0.2, 0.25) is 11.8 Å². The lowest BCUT2D eigenvalue weighted by Gasteiger charge is -2.06. The lowest BCUT2D eigenvalue weighted by Crippen LogP contribution is -2.14. The summed E-state index contributed by atoms with van der Waals surface area (Å²) in [6.07, 6.45) is 3.42. The average molecular weight is 330 g/mol. The van der Waals surface area contributed by atoms with Crippen LogP contribution in [-0.4, -0.2) is 28.2 Å². The first-order chi connectivity index (χ1) is 11.5. The fourth-order valence-electron chi connectivity index (χ4n) is 2.12. The second kappa shape index (κ2) is 8.14. The molecule has 7 heteroatoms. The molecule has 0 spiro atoms. The Morgan fingerprint density at radius 2 is 1.92 bits per heavy atom. The van der Waals surface area contributed by atoms with Crippen LogP contribution in [0.25, 0.3) is 0 Å². The fraction of sp³-hybridized carbons (Fsp3) is 0.353. The Hall–Kier alpha value is -2.83. The number of primary amides is 1. The summed E-state index contributed by atoms with van der Waals surface area (Å²) < 4.78 is 7.27. The molecule has 0 atom stereocenters. The number of aryl methyl sites for hydroxylation is 1. The number of hydrogen-bond acceptors (Lipinski definition) is 4. The number of nitrogens with zero attached hydrogens (tertiary/aromatic N) is 2. The molecule has 24 heavy (non-hydrogen) atoms. The number of anilines is 1. The second-order valence-corrected chi connectivity index (χ2v) is 5.36. The SMILES string of the molecule is CCCOc1nn(CCC)cc1C(=O)Nc1ccc(C(N)=O)cc1. The van der Waals surface area contributed by atoms with Gasteiger partial charge >= 0.3 is 0 Å². The summed E-state index contributed by atoms with van der Waals surface area (Å²) in [4.78, 5) is 23.6. The van der Waals surface area contributed by atoms with Crippen LogP contribution in [0.15, 0.2) is 30.5 Å². The summed E-state index contributed by atoms with van der Waals surface area (Å²) in [6.45, 7) is 5.23. The monoisotopic (exact) mass is 330 g/mol. The van der Waals surface area contributed by atoms with Crippen LogP contribution in [0.2, 0.25) is 0 Å². The van der Waals surface area contributed by atoms with Crippen molar-refractivity contribution in [3.05, 3.63) is 41.6 Å². The van der Waals surface area contributed by atoms with Gasteiger partial charge in [-0.3, -0.25) is 14.3 Å². The molecule has 1 heterocycles. The zero-order valence-corrected chi connectivity index (χ0v) is 13.9. The second-order valence-electron chi connectivity index (χ2n) is 5.36. The summed E-state index contributed by atoms with van der Waals surface area (Å²) in [5.74, 6) is -0.490. The molecule has 128 valence electrons. The fourth-order valence-corrected chi connectivity index (χ4v) is 2.12. The lowest BCUT2D eigenvalue weighted by atomic mass is 10.2. The van der Waals surface area contributed by atoms with Gasteiger partial charge in [-0.05, 0) is 37.1 Å². The molecular weight excluding hydrogens is 308 g/mol. The number of amides is 2. The maximum atomic E-state index is 12.5. The zero-order valence-electron chi connectivity index (χ0n) is 13.9. The number of nitrogens with one attached hydrogen (secondary N) is 1. The van der Waals surface area contributed by atoms with Gasteiger partial charge in [0.25, 0.3) is 5.91 Å². The van der Waals surface area contributed by atoms with Crippen molar-refractivity contribution in [2.24, 2.45) is 5.73 Å². The minimum Gasteiger partial charge on any atom is -0.476 e. The van der Waals surface area contributed by atoms with Gasteiger partial charge in [-0.25, -0.2) is 0 Å². The van der Waals surface area contributed by atoms with Crippen LogP contribution in [0.5, 0.6) is 5.88 Å². The maximum Gasteiger partial charge on any atom is 0.262 e. The molecule has 0 aliphatic heterocycles. The van der Waals surface area contributed by atoms with Crippen molar-refractivity contribution < 1.29 is 14.3 Å². The van der Waals surface area contributed by atoms with E-state index in [0.29, 0.717) is 35.8 Å². The van der Waals surface area contributed by atoms with E-state index in [-0.39, 0.29) is 5.91 Å². The van der Waals surface area contributed by atoms with Crippen LogP contribution in [-0.2, 0) is 6.54 Å². The van der Waals surface area contributed by atoms with E-state index in [0.717, 1.165) is 12.8 Å². The highest BCUT2D eigenvalue weighted by atomic mass is 16.5. The van der Waals surface area contributed by atoms with E-state index in [1.807, 2.05) is 13.8 Å². The number of aromatic nitrogens is 2. The average Bonchev–Trinajstić information content (AvgIpc) is 2.96. The molecule has 1 aromatic heterocycles. The third-order valence-corrected chi connectivity index (χ3v) is 3.30. The van der Waals surface area contributed by atoms with Crippen molar-refractivity contribution in [1.29, 1.82) is 0 Å². The van der Waals surface area contributed by atoms with E-state index in [1.54, 1.807) is 35.1 Å². The summed E-state index contributed by atoms with van der Waals surface area (Å²) in [5.41, 5.74) is 6.53.